The SMILES string of the molecule is Nc1ccc(CCNC(=O)c2coc(C(N)c3ccccc3)n2)cc1. The fourth-order valence-electron chi connectivity index (χ4n) is 2.43. The topological polar surface area (TPSA) is 107 Å². The molecule has 0 fully saturated rings. The molecule has 3 aromatic rings. The highest BCUT2D eigenvalue weighted by molar-refractivity contribution is 5.91. The molecule has 0 saturated carbocycles. The Morgan fingerprint density at radius 2 is 1.84 bits per heavy atom. The van der Waals surface area contributed by atoms with Gasteiger partial charge in [0.1, 0.15) is 12.3 Å². The smallest absolute Gasteiger partial charge is 0.273 e. The number of nitrogens with two attached hydrogens (primary N) is 2. The van der Waals surface area contributed by atoms with Crippen molar-refractivity contribution in [1.82, 2.24) is 10.3 Å². The number of benzene rings is 2. The molecule has 2 aromatic carbocycles. The molecule has 3 rings (SSSR count). The summed E-state index contributed by atoms with van der Waals surface area (Å²) in [6.45, 7) is 0.496. The summed E-state index contributed by atoms with van der Waals surface area (Å²) >= 11 is 0. The van der Waals surface area contributed by atoms with Crippen LogP contribution in [0.15, 0.2) is 65.3 Å². The fraction of sp³-hybridized carbons (Fsp3) is 0.158. The molecule has 0 saturated heterocycles. The number of nitrogens with one attached hydrogen (secondary N) is 1. The van der Waals surface area contributed by atoms with E-state index in [2.05, 4.69) is 10.3 Å². The van der Waals surface area contributed by atoms with Gasteiger partial charge in [0.25, 0.3) is 5.91 Å². The lowest BCUT2D eigenvalue weighted by Gasteiger charge is -2.06. The molecule has 1 amide bonds. The van der Waals surface area contributed by atoms with Crippen LogP contribution in [-0.2, 0) is 6.42 Å². The van der Waals surface area contributed by atoms with E-state index in [1.807, 2.05) is 54.6 Å². The van der Waals surface area contributed by atoms with E-state index in [0.717, 1.165) is 16.8 Å². The van der Waals surface area contributed by atoms with Crippen LogP contribution in [0.5, 0.6) is 0 Å². The van der Waals surface area contributed by atoms with Crippen molar-refractivity contribution in [2.75, 3.05) is 12.3 Å². The van der Waals surface area contributed by atoms with Gasteiger partial charge in [-0.05, 0) is 29.7 Å². The molecule has 1 unspecified atom stereocenters. The van der Waals surface area contributed by atoms with Crippen LogP contribution in [0.25, 0.3) is 0 Å². The van der Waals surface area contributed by atoms with E-state index in [4.69, 9.17) is 15.9 Å². The molecule has 0 aliphatic heterocycles. The third kappa shape index (κ3) is 4.24. The van der Waals surface area contributed by atoms with Crippen molar-refractivity contribution in [1.29, 1.82) is 0 Å². The second-order valence-electron chi connectivity index (χ2n) is 5.71. The number of amides is 1. The molecule has 0 spiro atoms. The van der Waals surface area contributed by atoms with Crippen molar-refractivity contribution in [3.63, 3.8) is 0 Å². The number of anilines is 1. The van der Waals surface area contributed by atoms with Crippen LogP contribution >= 0.6 is 0 Å². The maximum Gasteiger partial charge on any atom is 0.273 e. The van der Waals surface area contributed by atoms with Crippen molar-refractivity contribution in [3.05, 3.63) is 83.6 Å². The monoisotopic (exact) mass is 336 g/mol. The zero-order valence-corrected chi connectivity index (χ0v) is 13.7. The number of rotatable bonds is 6. The standard InChI is InChI=1S/C19H20N4O2/c20-15-8-6-13(7-9-15)10-11-22-18(24)16-12-25-19(23-16)17(21)14-4-2-1-3-5-14/h1-9,12,17H,10-11,20-21H2,(H,22,24). The molecule has 1 aromatic heterocycles. The maximum atomic E-state index is 12.2. The Hall–Kier alpha value is -3.12. The van der Waals surface area contributed by atoms with E-state index in [9.17, 15) is 4.79 Å². The van der Waals surface area contributed by atoms with Gasteiger partial charge in [-0.1, -0.05) is 42.5 Å². The Morgan fingerprint density at radius 1 is 1.12 bits per heavy atom. The first-order valence-electron chi connectivity index (χ1n) is 8.02. The first-order chi connectivity index (χ1) is 12.1. The third-order valence-corrected chi connectivity index (χ3v) is 3.86. The molecular formula is C19H20N4O2. The number of carbonyl (C=O) groups excluding carboxylic acids is 1. The minimum atomic E-state index is -0.502. The summed E-state index contributed by atoms with van der Waals surface area (Å²) in [5.41, 5.74) is 14.7. The molecule has 0 aliphatic carbocycles. The molecule has 1 atom stereocenters. The van der Waals surface area contributed by atoms with Gasteiger partial charge in [0.15, 0.2) is 5.69 Å². The van der Waals surface area contributed by atoms with Gasteiger partial charge in [0.05, 0.1) is 0 Å². The largest absolute Gasteiger partial charge is 0.446 e. The molecule has 0 bridgehead atoms. The van der Waals surface area contributed by atoms with Gasteiger partial charge in [-0.25, -0.2) is 4.98 Å². The van der Waals surface area contributed by atoms with E-state index >= 15 is 0 Å². The molecular weight excluding hydrogens is 316 g/mol. The van der Waals surface area contributed by atoms with Crippen LogP contribution in [-0.4, -0.2) is 17.4 Å². The average molecular weight is 336 g/mol. The van der Waals surface area contributed by atoms with Crippen LogP contribution < -0.4 is 16.8 Å². The number of hydrogen-bond acceptors (Lipinski definition) is 5. The van der Waals surface area contributed by atoms with Crippen molar-refractivity contribution < 1.29 is 9.21 Å². The van der Waals surface area contributed by atoms with Crippen LogP contribution in [0.2, 0.25) is 0 Å². The third-order valence-electron chi connectivity index (χ3n) is 3.86. The summed E-state index contributed by atoms with van der Waals surface area (Å²) in [7, 11) is 0. The summed E-state index contributed by atoms with van der Waals surface area (Å²) in [5.74, 6) is 0.0283. The number of hydrogen-bond donors (Lipinski definition) is 3. The van der Waals surface area contributed by atoms with E-state index in [1.165, 1.54) is 6.26 Å². The summed E-state index contributed by atoms with van der Waals surface area (Å²) in [6, 6.07) is 16.5. The van der Waals surface area contributed by atoms with Crippen LogP contribution in [0.4, 0.5) is 5.69 Å². The van der Waals surface area contributed by atoms with E-state index in [0.29, 0.717) is 18.9 Å². The Balaban J connectivity index is 1.56. The van der Waals surface area contributed by atoms with Gasteiger partial charge in [-0.2, -0.15) is 0 Å². The van der Waals surface area contributed by atoms with Gasteiger partial charge in [-0.3, -0.25) is 4.79 Å². The number of nitrogens with zero attached hydrogens (tertiary/aromatic N) is 1. The Kier molecular flexibility index (Phi) is 5.11. The second-order valence-corrected chi connectivity index (χ2v) is 5.71. The van der Waals surface area contributed by atoms with Gasteiger partial charge in [-0.15, -0.1) is 0 Å². The zero-order chi connectivity index (χ0) is 17.6. The highest BCUT2D eigenvalue weighted by atomic mass is 16.3. The number of oxazole rings is 1. The Labute approximate surface area is 145 Å². The summed E-state index contributed by atoms with van der Waals surface area (Å²) in [4.78, 5) is 16.4. The normalized spacial score (nSPS) is 11.9. The highest BCUT2D eigenvalue weighted by Crippen LogP contribution is 2.18. The zero-order valence-electron chi connectivity index (χ0n) is 13.7. The lowest BCUT2D eigenvalue weighted by Crippen LogP contribution is -2.26. The predicted molar refractivity (Wildman–Crippen MR) is 95.9 cm³/mol. The predicted octanol–water partition coefficient (Wildman–Crippen LogP) is 2.28. The van der Waals surface area contributed by atoms with Crippen molar-refractivity contribution in [2.45, 2.75) is 12.5 Å². The van der Waals surface area contributed by atoms with Crippen molar-refractivity contribution >= 4 is 11.6 Å². The Bertz CT molecular complexity index is 828. The lowest BCUT2D eigenvalue weighted by molar-refractivity contribution is 0.0949. The molecule has 0 aliphatic rings. The first-order valence-corrected chi connectivity index (χ1v) is 8.02. The first kappa shape index (κ1) is 16.7. The van der Waals surface area contributed by atoms with E-state index in [-0.39, 0.29) is 11.6 Å². The van der Waals surface area contributed by atoms with Crippen LogP contribution in [0, 0.1) is 0 Å². The number of carbonyl (C=O) groups is 1. The van der Waals surface area contributed by atoms with Gasteiger partial charge in [0, 0.05) is 12.2 Å². The molecule has 5 N–H and O–H groups in total. The maximum absolute atomic E-state index is 12.2. The van der Waals surface area contributed by atoms with Gasteiger partial charge < -0.3 is 21.2 Å². The molecule has 128 valence electrons. The summed E-state index contributed by atoms with van der Waals surface area (Å²) in [5, 5.41) is 2.82. The molecule has 1 heterocycles. The minimum absolute atomic E-state index is 0.221. The summed E-state index contributed by atoms with van der Waals surface area (Å²) in [6.07, 6.45) is 2.04. The van der Waals surface area contributed by atoms with E-state index < -0.39 is 6.04 Å². The minimum Gasteiger partial charge on any atom is -0.446 e. The molecule has 0 radical (unpaired) electrons. The van der Waals surface area contributed by atoms with Crippen LogP contribution in [0.3, 0.4) is 0 Å². The van der Waals surface area contributed by atoms with Gasteiger partial charge >= 0.3 is 0 Å². The quantitative estimate of drug-likeness (QED) is 0.599. The fourth-order valence-corrected chi connectivity index (χ4v) is 2.43. The van der Waals surface area contributed by atoms with Crippen molar-refractivity contribution in [3.8, 4) is 0 Å². The lowest BCUT2D eigenvalue weighted by atomic mass is 10.1. The van der Waals surface area contributed by atoms with E-state index in [1.54, 1.807) is 0 Å². The highest BCUT2D eigenvalue weighted by Gasteiger charge is 2.18. The average Bonchev–Trinajstić information content (AvgIpc) is 3.13. The van der Waals surface area contributed by atoms with Crippen molar-refractivity contribution in [2.24, 2.45) is 5.73 Å². The number of aromatic nitrogens is 1. The van der Waals surface area contributed by atoms with Crippen LogP contribution in [0.1, 0.15) is 33.5 Å². The molecule has 6 heteroatoms. The number of nitrogen functional groups attached to an aromatic ring is 1. The summed E-state index contributed by atoms with van der Waals surface area (Å²) < 4.78 is 5.37. The molecule has 6 nitrogen and oxygen atoms in total. The Morgan fingerprint density at radius 3 is 2.56 bits per heavy atom. The molecule has 25 heavy (non-hydrogen) atoms. The second kappa shape index (κ2) is 7.63. The van der Waals surface area contributed by atoms with Gasteiger partial charge in [0.2, 0.25) is 5.89 Å².